The summed E-state index contributed by atoms with van der Waals surface area (Å²) in [6, 6.07) is 28.6. The Morgan fingerprint density at radius 3 is 2.52 bits per heavy atom. The molecule has 0 fully saturated rings. The minimum Gasteiger partial charge on any atom is -0.349 e. The number of anilines is 1. The second-order valence-electron chi connectivity index (χ2n) is 9.66. The number of benzene rings is 3. The Morgan fingerprint density at radius 1 is 1.00 bits per heavy atom. The Bertz CT molecular complexity index is 1730. The molecule has 3 heterocycles. The van der Waals surface area contributed by atoms with Crippen molar-refractivity contribution >= 4 is 41.0 Å². The second kappa shape index (κ2) is 12.2. The van der Waals surface area contributed by atoms with Crippen molar-refractivity contribution in [2.24, 2.45) is 0 Å². The van der Waals surface area contributed by atoms with Gasteiger partial charge in [0.2, 0.25) is 11.8 Å². The maximum atomic E-state index is 14.0. The molecule has 5 aromatic rings. The molecule has 0 bridgehead atoms. The van der Waals surface area contributed by atoms with Crippen molar-refractivity contribution in [1.82, 2.24) is 20.1 Å². The zero-order valence-electron chi connectivity index (χ0n) is 22.3. The molecular formula is C32H25ClFN5O2S. The number of halogens is 2. The largest absolute Gasteiger partial charge is 0.349 e. The number of nitrogens with zero attached hydrogens (tertiary/aromatic N) is 4. The zero-order valence-corrected chi connectivity index (χ0v) is 23.9. The Labute approximate surface area is 251 Å². The highest BCUT2D eigenvalue weighted by molar-refractivity contribution is 8.00. The van der Waals surface area contributed by atoms with Gasteiger partial charge in [0.05, 0.1) is 34.6 Å². The van der Waals surface area contributed by atoms with E-state index < -0.39 is 5.82 Å². The summed E-state index contributed by atoms with van der Waals surface area (Å²) in [5.74, 6) is -0.416. The van der Waals surface area contributed by atoms with Crippen LogP contribution in [0.1, 0.15) is 22.1 Å². The molecule has 0 radical (unpaired) electrons. The number of nitrogens with one attached hydrogen (secondary N) is 1. The van der Waals surface area contributed by atoms with Crippen molar-refractivity contribution in [3.05, 3.63) is 131 Å². The lowest BCUT2D eigenvalue weighted by atomic mass is 9.99. The molecule has 2 amide bonds. The fourth-order valence-electron chi connectivity index (χ4n) is 4.91. The van der Waals surface area contributed by atoms with E-state index in [2.05, 4.69) is 10.3 Å². The molecule has 0 saturated heterocycles. The minimum absolute atomic E-state index is 0.122. The molecule has 6 rings (SSSR count). The summed E-state index contributed by atoms with van der Waals surface area (Å²) in [6.45, 7) is -0.0104. The summed E-state index contributed by atoms with van der Waals surface area (Å²) in [7, 11) is 0. The van der Waals surface area contributed by atoms with Crippen LogP contribution in [0.25, 0.3) is 16.9 Å². The van der Waals surface area contributed by atoms with E-state index >= 15 is 0 Å². The van der Waals surface area contributed by atoms with E-state index in [9.17, 15) is 14.0 Å². The van der Waals surface area contributed by atoms with E-state index in [-0.39, 0.29) is 35.9 Å². The third-order valence-electron chi connectivity index (χ3n) is 6.85. The van der Waals surface area contributed by atoms with Gasteiger partial charge in [0, 0.05) is 22.3 Å². The Morgan fingerprint density at radius 2 is 1.79 bits per heavy atom. The van der Waals surface area contributed by atoms with Gasteiger partial charge in [-0.2, -0.15) is 5.10 Å². The first-order chi connectivity index (χ1) is 20.5. The molecule has 10 heteroatoms. The van der Waals surface area contributed by atoms with Crippen LogP contribution in [0.3, 0.4) is 0 Å². The van der Waals surface area contributed by atoms with Gasteiger partial charge in [0.15, 0.2) is 0 Å². The third kappa shape index (κ3) is 5.79. The lowest BCUT2D eigenvalue weighted by Crippen LogP contribution is -2.42. The minimum atomic E-state index is -0.394. The number of hydrogen-bond acceptors (Lipinski definition) is 5. The van der Waals surface area contributed by atoms with E-state index in [1.54, 1.807) is 35.1 Å². The van der Waals surface area contributed by atoms with Crippen LogP contribution < -0.4 is 10.2 Å². The van der Waals surface area contributed by atoms with Crippen LogP contribution in [0, 0.1) is 5.82 Å². The first-order valence-electron chi connectivity index (χ1n) is 13.3. The van der Waals surface area contributed by atoms with Crippen LogP contribution in [-0.4, -0.2) is 38.9 Å². The van der Waals surface area contributed by atoms with Crippen LogP contribution in [-0.2, 0) is 16.1 Å². The highest BCUT2D eigenvalue weighted by atomic mass is 35.5. The van der Waals surface area contributed by atoms with Gasteiger partial charge >= 0.3 is 0 Å². The quantitative estimate of drug-likeness (QED) is 0.241. The van der Waals surface area contributed by atoms with Crippen molar-refractivity contribution in [2.45, 2.75) is 11.8 Å². The number of carbonyl (C=O) groups is 2. The SMILES string of the molecule is O=C(CN1C(=O)CSC(c2cccc(Cl)c2)c2c(-c3ccccc3)nn(-c3ccc(F)cc3)c21)NCc1ccccn1. The van der Waals surface area contributed by atoms with Gasteiger partial charge in [-0.05, 0) is 54.1 Å². The molecule has 3 aromatic carbocycles. The Kier molecular flexibility index (Phi) is 8.03. The summed E-state index contributed by atoms with van der Waals surface area (Å²) < 4.78 is 15.6. The van der Waals surface area contributed by atoms with Crippen LogP contribution in [0.4, 0.5) is 10.2 Å². The maximum Gasteiger partial charge on any atom is 0.240 e. The molecule has 1 N–H and O–H groups in total. The highest BCUT2D eigenvalue weighted by Gasteiger charge is 2.37. The Balaban J connectivity index is 1.52. The standard InChI is InChI=1S/C32H25ClFN5O2S/c33-23-10-6-9-22(17-23)31-29-30(21-7-2-1-3-8-21)37-39(26-14-12-24(34)13-15-26)32(29)38(28(41)20-42-31)19-27(40)36-18-25-11-4-5-16-35-25/h1-17,31H,18-20H2,(H,36,40). The molecular weight excluding hydrogens is 573 g/mol. The Hall–Kier alpha value is -4.47. The van der Waals surface area contributed by atoms with Gasteiger partial charge in [0.1, 0.15) is 18.2 Å². The average Bonchev–Trinajstić information content (AvgIpc) is 3.33. The summed E-state index contributed by atoms with van der Waals surface area (Å²) in [6.07, 6.45) is 1.66. The molecule has 42 heavy (non-hydrogen) atoms. The summed E-state index contributed by atoms with van der Waals surface area (Å²) >= 11 is 7.87. The van der Waals surface area contributed by atoms with Gasteiger partial charge in [-0.3, -0.25) is 19.5 Å². The molecule has 1 aliphatic rings. The lowest BCUT2D eigenvalue weighted by molar-refractivity contribution is -0.123. The molecule has 0 spiro atoms. The normalized spacial score (nSPS) is 14.8. The number of amides is 2. The molecule has 2 aromatic heterocycles. The smallest absolute Gasteiger partial charge is 0.240 e. The van der Waals surface area contributed by atoms with E-state index in [1.807, 2.05) is 60.7 Å². The number of hydrogen-bond donors (Lipinski definition) is 1. The first kappa shape index (κ1) is 27.7. The van der Waals surface area contributed by atoms with Gasteiger partial charge in [-0.1, -0.05) is 60.1 Å². The molecule has 1 aliphatic heterocycles. The lowest BCUT2D eigenvalue weighted by Gasteiger charge is -2.23. The predicted octanol–water partition coefficient (Wildman–Crippen LogP) is 6.21. The molecule has 1 unspecified atom stereocenters. The molecule has 0 saturated carbocycles. The monoisotopic (exact) mass is 597 g/mol. The van der Waals surface area contributed by atoms with Crippen molar-refractivity contribution in [3.63, 3.8) is 0 Å². The van der Waals surface area contributed by atoms with Crippen LogP contribution in [0.15, 0.2) is 103 Å². The summed E-state index contributed by atoms with van der Waals surface area (Å²) in [5.41, 5.74) is 4.42. The van der Waals surface area contributed by atoms with Crippen LogP contribution in [0.2, 0.25) is 5.02 Å². The summed E-state index contributed by atoms with van der Waals surface area (Å²) in [4.78, 5) is 32.8. The highest BCUT2D eigenvalue weighted by Crippen LogP contribution is 2.48. The number of fused-ring (bicyclic) bond motifs is 1. The number of carbonyl (C=O) groups excluding carboxylic acids is 2. The number of pyridine rings is 1. The third-order valence-corrected chi connectivity index (χ3v) is 8.34. The van der Waals surface area contributed by atoms with Gasteiger partial charge in [-0.25, -0.2) is 9.07 Å². The number of aromatic nitrogens is 3. The van der Waals surface area contributed by atoms with Crippen molar-refractivity contribution in [1.29, 1.82) is 0 Å². The van der Waals surface area contributed by atoms with E-state index in [0.29, 0.717) is 27.9 Å². The maximum absolute atomic E-state index is 14.0. The molecule has 210 valence electrons. The second-order valence-corrected chi connectivity index (χ2v) is 11.2. The van der Waals surface area contributed by atoms with E-state index in [0.717, 1.165) is 16.7 Å². The van der Waals surface area contributed by atoms with E-state index in [4.69, 9.17) is 16.7 Å². The van der Waals surface area contributed by atoms with Gasteiger partial charge < -0.3 is 5.32 Å². The average molecular weight is 598 g/mol. The number of thioether (sulfide) groups is 1. The van der Waals surface area contributed by atoms with Crippen molar-refractivity contribution in [2.75, 3.05) is 17.2 Å². The zero-order chi connectivity index (χ0) is 29.1. The van der Waals surface area contributed by atoms with Crippen LogP contribution >= 0.6 is 23.4 Å². The fraction of sp³-hybridized carbons (Fsp3) is 0.125. The number of rotatable bonds is 7. The van der Waals surface area contributed by atoms with Crippen LogP contribution in [0.5, 0.6) is 0 Å². The van der Waals surface area contributed by atoms with Gasteiger partial charge in [-0.15, -0.1) is 11.8 Å². The van der Waals surface area contributed by atoms with Gasteiger partial charge in [0.25, 0.3) is 0 Å². The predicted molar refractivity (Wildman–Crippen MR) is 163 cm³/mol. The summed E-state index contributed by atoms with van der Waals surface area (Å²) in [5, 5.41) is 8.12. The van der Waals surface area contributed by atoms with E-state index in [1.165, 1.54) is 28.8 Å². The fourth-order valence-corrected chi connectivity index (χ4v) is 6.30. The van der Waals surface area contributed by atoms with Crippen molar-refractivity contribution < 1.29 is 14.0 Å². The molecule has 1 atom stereocenters. The first-order valence-corrected chi connectivity index (χ1v) is 14.7. The topological polar surface area (TPSA) is 80.1 Å². The molecule has 7 nitrogen and oxygen atoms in total. The molecule has 0 aliphatic carbocycles. The van der Waals surface area contributed by atoms with Crippen molar-refractivity contribution in [3.8, 4) is 16.9 Å².